The Kier molecular flexibility index (Phi) is 5.18. The molecule has 4 rings (SSSR count). The third-order valence-electron chi connectivity index (χ3n) is 4.05. The van der Waals surface area contributed by atoms with Crippen LogP contribution >= 0.6 is 22.9 Å². The zero-order valence-corrected chi connectivity index (χ0v) is 16.4. The first-order chi connectivity index (χ1) is 13.6. The number of thiazole rings is 1. The summed E-state index contributed by atoms with van der Waals surface area (Å²) in [6.45, 7) is 1.88. The van der Waals surface area contributed by atoms with Gasteiger partial charge in [-0.15, -0.1) is 11.3 Å². The molecule has 0 bridgehead atoms. The number of amides is 1. The fourth-order valence-corrected chi connectivity index (χ4v) is 3.65. The zero-order chi connectivity index (χ0) is 19.5. The largest absolute Gasteiger partial charge is 0.355 e. The van der Waals surface area contributed by atoms with Crippen LogP contribution in [0, 0.1) is 0 Å². The maximum atomic E-state index is 12.5. The lowest BCUT2D eigenvalue weighted by atomic mass is 10.1. The summed E-state index contributed by atoms with van der Waals surface area (Å²) in [5.74, 6) is 0.149. The van der Waals surface area contributed by atoms with Gasteiger partial charge in [0, 0.05) is 40.0 Å². The van der Waals surface area contributed by atoms with Crippen molar-refractivity contribution in [2.75, 3.05) is 0 Å². The van der Waals surface area contributed by atoms with Gasteiger partial charge in [0.2, 0.25) is 0 Å². The van der Waals surface area contributed by atoms with Crippen LogP contribution in [0.5, 0.6) is 0 Å². The predicted molar refractivity (Wildman–Crippen MR) is 108 cm³/mol. The number of nitrogens with one attached hydrogen (secondary N) is 1. The standard InChI is InChI=1S/C20H15ClN4O2S/c1-12(20-24-17(11-28-20)14-5-3-7-22-10-14)23-19(26)16-9-18(27-25-16)13-4-2-6-15(21)8-13/h2-12H,1H3,(H,23,26). The van der Waals surface area contributed by atoms with Gasteiger partial charge in [0.25, 0.3) is 5.91 Å². The third-order valence-corrected chi connectivity index (χ3v) is 5.31. The number of hydrogen-bond donors (Lipinski definition) is 1. The van der Waals surface area contributed by atoms with Crippen molar-refractivity contribution in [2.24, 2.45) is 0 Å². The number of aromatic nitrogens is 3. The molecule has 140 valence electrons. The van der Waals surface area contributed by atoms with Gasteiger partial charge in [-0.05, 0) is 31.2 Å². The average molecular weight is 411 g/mol. The van der Waals surface area contributed by atoms with Crippen molar-refractivity contribution in [2.45, 2.75) is 13.0 Å². The van der Waals surface area contributed by atoms with E-state index in [1.54, 1.807) is 30.6 Å². The Labute approximate surface area is 170 Å². The fraction of sp³-hybridized carbons (Fsp3) is 0.100. The molecule has 1 atom stereocenters. The van der Waals surface area contributed by atoms with Gasteiger partial charge in [-0.1, -0.05) is 28.9 Å². The number of carbonyl (C=O) groups excluding carboxylic acids is 1. The summed E-state index contributed by atoms with van der Waals surface area (Å²) in [4.78, 5) is 21.2. The van der Waals surface area contributed by atoms with Crippen molar-refractivity contribution in [3.63, 3.8) is 0 Å². The second-order valence-corrected chi connectivity index (χ2v) is 7.42. The molecular weight excluding hydrogens is 396 g/mol. The maximum Gasteiger partial charge on any atom is 0.274 e. The minimum atomic E-state index is -0.331. The van der Waals surface area contributed by atoms with E-state index in [9.17, 15) is 4.79 Å². The Bertz CT molecular complexity index is 1110. The minimum Gasteiger partial charge on any atom is -0.355 e. The molecule has 3 aromatic heterocycles. The van der Waals surface area contributed by atoms with E-state index in [0.717, 1.165) is 21.8 Å². The Balaban J connectivity index is 1.46. The van der Waals surface area contributed by atoms with Gasteiger partial charge in [-0.2, -0.15) is 0 Å². The highest BCUT2D eigenvalue weighted by atomic mass is 35.5. The van der Waals surface area contributed by atoms with Crippen molar-refractivity contribution in [1.82, 2.24) is 20.4 Å². The topological polar surface area (TPSA) is 80.9 Å². The first-order valence-corrected chi connectivity index (χ1v) is 9.75. The molecule has 0 aliphatic carbocycles. The SMILES string of the molecule is CC(NC(=O)c1cc(-c2cccc(Cl)c2)on1)c1nc(-c2cccnc2)cs1. The zero-order valence-electron chi connectivity index (χ0n) is 14.8. The summed E-state index contributed by atoms with van der Waals surface area (Å²) in [7, 11) is 0. The highest BCUT2D eigenvalue weighted by molar-refractivity contribution is 7.10. The number of rotatable bonds is 5. The molecule has 0 radical (unpaired) electrons. The first kappa shape index (κ1) is 18.3. The van der Waals surface area contributed by atoms with Crippen LogP contribution in [0.15, 0.2) is 64.8 Å². The van der Waals surface area contributed by atoms with Gasteiger partial charge in [0.15, 0.2) is 11.5 Å². The summed E-state index contributed by atoms with van der Waals surface area (Å²) >= 11 is 7.48. The van der Waals surface area contributed by atoms with Gasteiger partial charge in [-0.3, -0.25) is 9.78 Å². The molecule has 8 heteroatoms. The van der Waals surface area contributed by atoms with Crippen LogP contribution in [0.2, 0.25) is 5.02 Å². The molecule has 0 saturated heterocycles. The molecule has 28 heavy (non-hydrogen) atoms. The summed E-state index contributed by atoms with van der Waals surface area (Å²) in [5, 5.41) is 10.1. The van der Waals surface area contributed by atoms with Crippen LogP contribution in [-0.2, 0) is 0 Å². The molecule has 6 nitrogen and oxygen atoms in total. The van der Waals surface area contributed by atoms with Gasteiger partial charge in [0.05, 0.1) is 11.7 Å². The Morgan fingerprint density at radius 2 is 2.07 bits per heavy atom. The molecular formula is C20H15ClN4O2S. The van der Waals surface area contributed by atoms with Gasteiger partial charge >= 0.3 is 0 Å². The molecule has 0 fully saturated rings. The second-order valence-electron chi connectivity index (χ2n) is 6.09. The maximum absolute atomic E-state index is 12.5. The molecule has 1 N–H and O–H groups in total. The van der Waals surface area contributed by atoms with E-state index in [2.05, 4.69) is 20.4 Å². The Morgan fingerprint density at radius 3 is 2.86 bits per heavy atom. The molecule has 0 aliphatic heterocycles. The smallest absolute Gasteiger partial charge is 0.274 e. The van der Waals surface area contributed by atoms with Crippen molar-refractivity contribution >= 4 is 28.8 Å². The summed E-state index contributed by atoms with van der Waals surface area (Å²) in [6, 6.07) is 12.3. The van der Waals surface area contributed by atoms with E-state index in [-0.39, 0.29) is 17.6 Å². The van der Waals surface area contributed by atoms with Crippen molar-refractivity contribution in [1.29, 1.82) is 0 Å². The second kappa shape index (κ2) is 7.92. The molecule has 3 heterocycles. The van der Waals surface area contributed by atoms with E-state index >= 15 is 0 Å². The van der Waals surface area contributed by atoms with E-state index in [0.29, 0.717) is 10.8 Å². The minimum absolute atomic E-state index is 0.200. The van der Waals surface area contributed by atoms with Gasteiger partial charge < -0.3 is 9.84 Å². The summed E-state index contributed by atoms with van der Waals surface area (Å²) in [5.41, 5.74) is 2.73. The number of halogens is 1. The summed E-state index contributed by atoms with van der Waals surface area (Å²) < 4.78 is 5.29. The molecule has 0 saturated carbocycles. The van der Waals surface area contributed by atoms with Crippen LogP contribution < -0.4 is 5.32 Å². The number of hydrogen-bond acceptors (Lipinski definition) is 6. The fourth-order valence-electron chi connectivity index (χ4n) is 2.63. The monoisotopic (exact) mass is 410 g/mol. The highest BCUT2D eigenvalue weighted by Crippen LogP contribution is 2.26. The number of benzene rings is 1. The summed E-state index contributed by atoms with van der Waals surface area (Å²) in [6.07, 6.45) is 3.48. The van der Waals surface area contributed by atoms with Gasteiger partial charge in [0.1, 0.15) is 5.01 Å². The van der Waals surface area contributed by atoms with Crippen LogP contribution in [0.1, 0.15) is 28.5 Å². The van der Waals surface area contributed by atoms with E-state index in [1.807, 2.05) is 36.6 Å². The molecule has 0 spiro atoms. The number of pyridine rings is 1. The van der Waals surface area contributed by atoms with Crippen LogP contribution in [0.3, 0.4) is 0 Å². The van der Waals surface area contributed by atoms with Crippen molar-refractivity contribution in [3.05, 3.63) is 76.0 Å². The highest BCUT2D eigenvalue weighted by Gasteiger charge is 2.19. The molecule has 1 unspecified atom stereocenters. The molecule has 1 amide bonds. The number of nitrogens with zero attached hydrogens (tertiary/aromatic N) is 3. The van der Waals surface area contributed by atoms with E-state index in [4.69, 9.17) is 16.1 Å². The lowest BCUT2D eigenvalue weighted by Gasteiger charge is -2.09. The van der Waals surface area contributed by atoms with Crippen LogP contribution in [-0.4, -0.2) is 21.0 Å². The quantitative estimate of drug-likeness (QED) is 0.500. The van der Waals surface area contributed by atoms with Crippen LogP contribution in [0.4, 0.5) is 0 Å². The third kappa shape index (κ3) is 3.95. The molecule has 1 aromatic carbocycles. The lowest BCUT2D eigenvalue weighted by Crippen LogP contribution is -2.26. The van der Waals surface area contributed by atoms with Gasteiger partial charge in [-0.25, -0.2) is 4.98 Å². The predicted octanol–water partition coefficient (Wildman–Crippen LogP) is 5.00. The van der Waals surface area contributed by atoms with Crippen LogP contribution in [0.25, 0.3) is 22.6 Å². The number of carbonyl (C=O) groups is 1. The molecule has 4 aromatic rings. The van der Waals surface area contributed by atoms with Crippen molar-refractivity contribution < 1.29 is 9.32 Å². The Hall–Kier alpha value is -3.03. The normalized spacial score (nSPS) is 11.9. The lowest BCUT2D eigenvalue weighted by molar-refractivity contribution is 0.0931. The van der Waals surface area contributed by atoms with E-state index in [1.165, 1.54) is 11.3 Å². The molecule has 0 aliphatic rings. The average Bonchev–Trinajstić information content (AvgIpc) is 3.39. The van der Waals surface area contributed by atoms with E-state index < -0.39 is 0 Å². The first-order valence-electron chi connectivity index (χ1n) is 8.49. The Morgan fingerprint density at radius 1 is 1.21 bits per heavy atom. The van der Waals surface area contributed by atoms with Crippen molar-refractivity contribution in [3.8, 4) is 22.6 Å².